The molecule has 106 valence electrons. The Balaban J connectivity index is 1.88. The fraction of sp³-hybridized carbons (Fsp3) is 0.556. The van der Waals surface area contributed by atoms with Crippen LogP contribution in [0.2, 0.25) is 5.02 Å². The number of aryl methyl sites for hydroxylation is 1. The first-order chi connectivity index (χ1) is 9.33. The molecule has 0 aromatic heterocycles. The van der Waals surface area contributed by atoms with Gasteiger partial charge in [0, 0.05) is 5.02 Å². The Bertz CT molecular complexity index is 326. The van der Waals surface area contributed by atoms with Crippen molar-refractivity contribution >= 4 is 11.6 Å². The third kappa shape index (κ3) is 8.88. The predicted molar refractivity (Wildman–Crippen MR) is 86.9 cm³/mol. The molecule has 0 amide bonds. The molecule has 0 aliphatic heterocycles. The lowest BCUT2D eigenvalue weighted by molar-refractivity contribution is 0.569. The highest BCUT2D eigenvalue weighted by molar-refractivity contribution is 6.30. The summed E-state index contributed by atoms with van der Waals surface area (Å²) in [6, 6.07) is 8.25. The first-order valence-electron chi connectivity index (χ1n) is 7.68. The van der Waals surface area contributed by atoms with Crippen LogP contribution in [-0.4, -0.2) is 0 Å². The van der Waals surface area contributed by atoms with E-state index >= 15 is 0 Å². The Morgan fingerprint density at radius 3 is 1.89 bits per heavy atom. The molecule has 0 nitrogen and oxygen atoms in total. The van der Waals surface area contributed by atoms with Crippen LogP contribution in [0.5, 0.6) is 0 Å². The van der Waals surface area contributed by atoms with Gasteiger partial charge in [0.2, 0.25) is 0 Å². The van der Waals surface area contributed by atoms with Crippen LogP contribution >= 0.6 is 11.6 Å². The number of benzene rings is 1. The molecule has 0 fully saturated rings. The summed E-state index contributed by atoms with van der Waals surface area (Å²) >= 11 is 5.87. The molecule has 0 radical (unpaired) electrons. The van der Waals surface area contributed by atoms with E-state index in [4.69, 9.17) is 11.6 Å². The zero-order valence-corrected chi connectivity index (χ0v) is 12.8. The summed E-state index contributed by atoms with van der Waals surface area (Å²) in [5, 5.41) is 0.834. The number of unbranched alkanes of at least 4 members (excludes halogenated alkanes) is 8. The predicted octanol–water partition coefficient (Wildman–Crippen LogP) is 6.58. The van der Waals surface area contributed by atoms with Crippen LogP contribution in [0.3, 0.4) is 0 Å². The van der Waals surface area contributed by atoms with Crippen molar-refractivity contribution in [1.29, 1.82) is 0 Å². The minimum Gasteiger partial charge on any atom is -0.103 e. The lowest BCUT2D eigenvalue weighted by atomic mass is 10.0. The Hall–Kier alpha value is -0.750. The largest absolute Gasteiger partial charge is 0.103 e. The lowest BCUT2D eigenvalue weighted by Crippen LogP contribution is -1.86. The van der Waals surface area contributed by atoms with Crippen LogP contribution in [-0.2, 0) is 6.42 Å². The van der Waals surface area contributed by atoms with Crippen LogP contribution in [0, 0.1) is 0 Å². The van der Waals surface area contributed by atoms with Crippen molar-refractivity contribution in [2.75, 3.05) is 0 Å². The van der Waals surface area contributed by atoms with E-state index < -0.39 is 0 Å². The fourth-order valence-corrected chi connectivity index (χ4v) is 2.46. The second-order valence-corrected chi connectivity index (χ2v) is 5.72. The molecule has 0 saturated heterocycles. The number of rotatable bonds is 11. The van der Waals surface area contributed by atoms with Crippen molar-refractivity contribution in [3.63, 3.8) is 0 Å². The van der Waals surface area contributed by atoms with E-state index in [9.17, 15) is 0 Å². The number of hydrogen-bond acceptors (Lipinski definition) is 0. The molecule has 0 N–H and O–H groups in total. The van der Waals surface area contributed by atoms with Gasteiger partial charge in [-0.3, -0.25) is 0 Å². The van der Waals surface area contributed by atoms with Gasteiger partial charge in [0.25, 0.3) is 0 Å². The van der Waals surface area contributed by atoms with Gasteiger partial charge in [0.05, 0.1) is 0 Å². The Morgan fingerprint density at radius 2 is 1.32 bits per heavy atom. The van der Waals surface area contributed by atoms with E-state index in [0.717, 1.165) is 5.02 Å². The van der Waals surface area contributed by atoms with Gasteiger partial charge in [0.15, 0.2) is 0 Å². The van der Waals surface area contributed by atoms with Crippen LogP contribution < -0.4 is 0 Å². The van der Waals surface area contributed by atoms with Gasteiger partial charge in [-0.05, 0) is 43.4 Å². The van der Waals surface area contributed by atoms with E-state index in [1.54, 1.807) is 0 Å². The van der Waals surface area contributed by atoms with Crippen molar-refractivity contribution in [3.05, 3.63) is 47.5 Å². The van der Waals surface area contributed by atoms with Crippen LogP contribution in [0.15, 0.2) is 36.9 Å². The minimum absolute atomic E-state index is 0.834. The molecular weight excluding hydrogens is 252 g/mol. The van der Waals surface area contributed by atoms with Gasteiger partial charge in [-0.1, -0.05) is 68.3 Å². The third-order valence-electron chi connectivity index (χ3n) is 3.54. The van der Waals surface area contributed by atoms with Gasteiger partial charge in [0.1, 0.15) is 0 Å². The second kappa shape index (κ2) is 11.1. The summed E-state index contributed by atoms with van der Waals surface area (Å²) in [6.45, 7) is 3.75. The minimum atomic E-state index is 0.834. The molecule has 0 unspecified atom stereocenters. The molecule has 0 spiro atoms. The Labute approximate surface area is 123 Å². The van der Waals surface area contributed by atoms with Gasteiger partial charge >= 0.3 is 0 Å². The highest BCUT2D eigenvalue weighted by Gasteiger charge is 1.95. The molecule has 19 heavy (non-hydrogen) atoms. The molecular formula is C18H27Cl. The molecule has 1 aromatic carbocycles. The molecule has 0 atom stereocenters. The highest BCUT2D eigenvalue weighted by atomic mass is 35.5. The van der Waals surface area contributed by atoms with Gasteiger partial charge in [-0.15, -0.1) is 6.58 Å². The van der Waals surface area contributed by atoms with Crippen LogP contribution in [0.1, 0.15) is 63.4 Å². The quantitative estimate of drug-likeness (QED) is 0.317. The summed E-state index contributed by atoms with van der Waals surface area (Å²) in [6.07, 6.45) is 15.3. The van der Waals surface area contributed by atoms with Crippen molar-refractivity contribution in [2.45, 2.75) is 64.2 Å². The van der Waals surface area contributed by atoms with Crippen LogP contribution in [0.4, 0.5) is 0 Å². The molecule has 0 aliphatic carbocycles. The van der Waals surface area contributed by atoms with E-state index in [0.29, 0.717) is 0 Å². The van der Waals surface area contributed by atoms with Gasteiger partial charge in [-0.25, -0.2) is 0 Å². The Kier molecular flexibility index (Phi) is 9.53. The number of hydrogen-bond donors (Lipinski definition) is 0. The fourth-order valence-electron chi connectivity index (χ4n) is 2.33. The average molecular weight is 279 g/mol. The van der Waals surface area contributed by atoms with E-state index in [2.05, 4.69) is 18.7 Å². The average Bonchev–Trinajstić information content (AvgIpc) is 2.43. The second-order valence-electron chi connectivity index (χ2n) is 5.28. The number of halogens is 1. The zero-order chi connectivity index (χ0) is 13.8. The van der Waals surface area contributed by atoms with Crippen molar-refractivity contribution in [2.24, 2.45) is 0 Å². The van der Waals surface area contributed by atoms with E-state index in [-0.39, 0.29) is 0 Å². The summed E-state index contributed by atoms with van der Waals surface area (Å²) < 4.78 is 0. The smallest absolute Gasteiger partial charge is 0.0406 e. The Morgan fingerprint density at radius 1 is 0.789 bits per heavy atom. The van der Waals surface area contributed by atoms with Gasteiger partial charge in [-0.2, -0.15) is 0 Å². The van der Waals surface area contributed by atoms with Crippen molar-refractivity contribution in [1.82, 2.24) is 0 Å². The molecule has 1 aromatic rings. The maximum absolute atomic E-state index is 5.87. The van der Waals surface area contributed by atoms with Crippen molar-refractivity contribution < 1.29 is 0 Å². The van der Waals surface area contributed by atoms with E-state index in [1.165, 1.54) is 69.8 Å². The normalized spacial score (nSPS) is 10.6. The molecule has 0 heterocycles. The third-order valence-corrected chi connectivity index (χ3v) is 3.79. The SMILES string of the molecule is C=CCCCCCCCCCCc1ccc(Cl)cc1. The molecule has 0 saturated carbocycles. The standard InChI is InChI=1S/C18H27Cl/c1-2-3-4-5-6-7-8-9-10-11-12-17-13-15-18(19)16-14-17/h2,13-16H,1,3-12H2. The first-order valence-corrected chi connectivity index (χ1v) is 8.06. The summed E-state index contributed by atoms with van der Waals surface area (Å²) in [5.41, 5.74) is 1.41. The maximum Gasteiger partial charge on any atom is 0.0406 e. The summed E-state index contributed by atoms with van der Waals surface area (Å²) in [7, 11) is 0. The lowest BCUT2D eigenvalue weighted by Gasteiger charge is -2.03. The van der Waals surface area contributed by atoms with Crippen LogP contribution in [0.25, 0.3) is 0 Å². The molecule has 0 bridgehead atoms. The maximum atomic E-state index is 5.87. The van der Waals surface area contributed by atoms with E-state index in [1.807, 2.05) is 18.2 Å². The van der Waals surface area contributed by atoms with Gasteiger partial charge < -0.3 is 0 Å². The topological polar surface area (TPSA) is 0 Å². The molecule has 1 rings (SSSR count). The zero-order valence-electron chi connectivity index (χ0n) is 12.0. The highest BCUT2D eigenvalue weighted by Crippen LogP contribution is 2.14. The number of allylic oxidation sites excluding steroid dienone is 1. The molecule has 1 heteroatoms. The summed E-state index contributed by atoms with van der Waals surface area (Å²) in [5.74, 6) is 0. The first kappa shape index (κ1) is 16.3. The monoisotopic (exact) mass is 278 g/mol. The summed E-state index contributed by atoms with van der Waals surface area (Å²) in [4.78, 5) is 0. The van der Waals surface area contributed by atoms with Crippen molar-refractivity contribution in [3.8, 4) is 0 Å². The molecule has 0 aliphatic rings.